The summed E-state index contributed by atoms with van der Waals surface area (Å²) in [5, 5.41) is 15.5. The van der Waals surface area contributed by atoms with E-state index < -0.39 is 17.6 Å². The minimum absolute atomic E-state index is 0.165. The summed E-state index contributed by atoms with van der Waals surface area (Å²) in [7, 11) is 0. The molecule has 0 bridgehead atoms. The Hall–Kier alpha value is -3.16. The van der Waals surface area contributed by atoms with Gasteiger partial charge in [0.2, 0.25) is 6.79 Å². The first-order valence-electron chi connectivity index (χ1n) is 6.10. The highest BCUT2D eigenvalue weighted by Crippen LogP contribution is 2.32. The van der Waals surface area contributed by atoms with Crippen LogP contribution in [0.4, 0.5) is 8.78 Å². The molecule has 0 aromatic heterocycles. The maximum atomic E-state index is 11.9. The SMILES string of the molecule is Fc1ccccc1F.O=C(O)c1ccc2c(c1)OCO2.O=CO. The second-order valence-corrected chi connectivity index (χ2v) is 3.89. The van der Waals surface area contributed by atoms with Crippen molar-refractivity contribution in [3.63, 3.8) is 0 Å². The van der Waals surface area contributed by atoms with Gasteiger partial charge in [-0.05, 0) is 30.3 Å². The van der Waals surface area contributed by atoms with E-state index in [1.54, 1.807) is 6.07 Å². The zero-order valence-corrected chi connectivity index (χ0v) is 11.6. The zero-order valence-electron chi connectivity index (χ0n) is 11.6. The van der Waals surface area contributed by atoms with E-state index in [2.05, 4.69) is 0 Å². The van der Waals surface area contributed by atoms with Crippen molar-refractivity contribution in [2.24, 2.45) is 0 Å². The Morgan fingerprint density at radius 3 is 2.04 bits per heavy atom. The first kappa shape index (κ1) is 17.9. The molecule has 1 aliphatic heterocycles. The van der Waals surface area contributed by atoms with Crippen LogP contribution in [0.2, 0.25) is 0 Å². The van der Waals surface area contributed by atoms with Crippen LogP contribution in [0.25, 0.3) is 0 Å². The molecule has 0 aliphatic carbocycles. The van der Waals surface area contributed by atoms with Gasteiger partial charge in [-0.2, -0.15) is 0 Å². The topological polar surface area (TPSA) is 93.1 Å². The lowest BCUT2D eigenvalue weighted by Gasteiger charge is -1.96. The fourth-order valence-electron chi connectivity index (χ4n) is 1.47. The molecule has 1 aliphatic rings. The predicted octanol–water partition coefficient (Wildman–Crippen LogP) is 2.78. The molecule has 2 aromatic rings. The van der Waals surface area contributed by atoms with E-state index in [1.807, 2.05) is 0 Å². The van der Waals surface area contributed by atoms with Crippen molar-refractivity contribution >= 4 is 12.4 Å². The molecule has 122 valence electrons. The lowest BCUT2D eigenvalue weighted by Crippen LogP contribution is -1.95. The van der Waals surface area contributed by atoms with Crippen molar-refractivity contribution in [2.45, 2.75) is 0 Å². The molecule has 2 N–H and O–H groups in total. The van der Waals surface area contributed by atoms with Gasteiger partial charge in [0.25, 0.3) is 6.47 Å². The number of carboxylic acid groups (broad SMARTS) is 2. The van der Waals surface area contributed by atoms with Gasteiger partial charge in [-0.15, -0.1) is 0 Å². The van der Waals surface area contributed by atoms with Crippen LogP contribution in [0, 0.1) is 11.6 Å². The molecule has 0 radical (unpaired) electrons. The van der Waals surface area contributed by atoms with Crippen LogP contribution < -0.4 is 9.47 Å². The van der Waals surface area contributed by atoms with E-state index in [1.165, 1.54) is 24.3 Å². The summed E-state index contributed by atoms with van der Waals surface area (Å²) in [6.07, 6.45) is 0. The zero-order chi connectivity index (χ0) is 17.2. The molecule has 0 amide bonds. The number of hydrogen-bond acceptors (Lipinski definition) is 4. The van der Waals surface area contributed by atoms with Gasteiger partial charge in [0.1, 0.15) is 0 Å². The molecule has 1 heterocycles. The second-order valence-electron chi connectivity index (χ2n) is 3.89. The highest BCUT2D eigenvalue weighted by molar-refractivity contribution is 5.88. The number of carboxylic acids is 1. The molecule has 3 rings (SSSR count). The number of fused-ring (bicyclic) bond motifs is 1. The van der Waals surface area contributed by atoms with E-state index in [0.29, 0.717) is 11.5 Å². The number of ether oxygens (including phenoxy) is 2. The molecule has 0 spiro atoms. The number of rotatable bonds is 1. The maximum absolute atomic E-state index is 11.9. The molecular weight excluding hydrogens is 314 g/mol. The third-order valence-electron chi connectivity index (χ3n) is 2.44. The van der Waals surface area contributed by atoms with Crippen LogP contribution in [0.1, 0.15) is 10.4 Å². The Morgan fingerprint density at radius 1 is 1.04 bits per heavy atom. The first-order chi connectivity index (χ1) is 11.0. The van der Waals surface area contributed by atoms with E-state index in [9.17, 15) is 13.6 Å². The van der Waals surface area contributed by atoms with Crippen molar-refractivity contribution in [3.05, 3.63) is 59.7 Å². The fourth-order valence-corrected chi connectivity index (χ4v) is 1.47. The Morgan fingerprint density at radius 2 is 1.57 bits per heavy atom. The monoisotopic (exact) mass is 326 g/mol. The molecule has 0 atom stereocenters. The Labute approximate surface area is 129 Å². The van der Waals surface area contributed by atoms with E-state index in [-0.39, 0.29) is 18.8 Å². The maximum Gasteiger partial charge on any atom is 0.335 e. The Balaban J connectivity index is 0.000000209. The first-order valence-corrected chi connectivity index (χ1v) is 6.10. The normalized spacial score (nSPS) is 10.5. The third-order valence-corrected chi connectivity index (χ3v) is 2.44. The number of hydrogen-bond donors (Lipinski definition) is 2. The van der Waals surface area contributed by atoms with Crippen LogP contribution in [-0.4, -0.2) is 29.4 Å². The fraction of sp³-hybridized carbons (Fsp3) is 0.0667. The lowest BCUT2D eigenvalue weighted by molar-refractivity contribution is -0.122. The highest BCUT2D eigenvalue weighted by Gasteiger charge is 2.15. The second kappa shape index (κ2) is 8.98. The van der Waals surface area contributed by atoms with E-state index in [0.717, 1.165) is 12.1 Å². The van der Waals surface area contributed by atoms with Gasteiger partial charge in [0.05, 0.1) is 5.56 Å². The van der Waals surface area contributed by atoms with Crippen LogP contribution in [-0.2, 0) is 4.79 Å². The quantitative estimate of drug-likeness (QED) is 0.783. The number of benzene rings is 2. The summed E-state index contributed by atoms with van der Waals surface area (Å²) >= 11 is 0. The van der Waals surface area contributed by atoms with Gasteiger partial charge in [0, 0.05) is 0 Å². The van der Waals surface area contributed by atoms with E-state index >= 15 is 0 Å². The van der Waals surface area contributed by atoms with Crippen molar-refractivity contribution in [1.82, 2.24) is 0 Å². The predicted molar refractivity (Wildman–Crippen MR) is 74.6 cm³/mol. The number of carbonyl (C=O) groups is 2. The summed E-state index contributed by atoms with van der Waals surface area (Å²) in [5.41, 5.74) is 0.208. The molecule has 8 heteroatoms. The average Bonchev–Trinajstić information content (AvgIpc) is 2.99. The molecule has 2 aromatic carbocycles. The van der Waals surface area contributed by atoms with Gasteiger partial charge in [-0.3, -0.25) is 4.79 Å². The number of halogens is 2. The Kier molecular flexibility index (Phi) is 6.99. The smallest absolute Gasteiger partial charge is 0.335 e. The van der Waals surface area contributed by atoms with Gasteiger partial charge in [-0.25, -0.2) is 13.6 Å². The summed E-state index contributed by atoms with van der Waals surface area (Å²) in [6, 6.07) is 9.56. The van der Waals surface area contributed by atoms with Crippen molar-refractivity contribution in [1.29, 1.82) is 0 Å². The summed E-state index contributed by atoms with van der Waals surface area (Å²) in [5.74, 6) is -1.47. The largest absolute Gasteiger partial charge is 0.483 e. The van der Waals surface area contributed by atoms with Gasteiger partial charge in [-0.1, -0.05) is 12.1 Å². The van der Waals surface area contributed by atoms with Gasteiger partial charge >= 0.3 is 5.97 Å². The van der Waals surface area contributed by atoms with Crippen LogP contribution in [0.5, 0.6) is 11.5 Å². The average molecular weight is 326 g/mol. The standard InChI is InChI=1S/C8H6O4.C6H4F2.CH2O2/c9-8(10)5-1-2-6-7(3-5)12-4-11-6;7-5-3-1-2-4-6(5)8;2-1-3/h1-3H,4H2,(H,9,10);1-4H;1H,(H,2,3). The van der Waals surface area contributed by atoms with Crippen LogP contribution in [0.3, 0.4) is 0 Å². The minimum atomic E-state index is -0.965. The highest BCUT2D eigenvalue weighted by atomic mass is 19.2. The lowest BCUT2D eigenvalue weighted by atomic mass is 10.2. The van der Waals surface area contributed by atoms with Gasteiger partial charge < -0.3 is 19.7 Å². The Bertz CT molecular complexity index is 654. The molecule has 0 unspecified atom stereocenters. The van der Waals surface area contributed by atoms with Crippen molar-refractivity contribution in [3.8, 4) is 11.5 Å². The van der Waals surface area contributed by atoms with Crippen molar-refractivity contribution < 1.29 is 38.1 Å². The summed E-state index contributed by atoms with van der Waals surface area (Å²) < 4.78 is 33.9. The van der Waals surface area contributed by atoms with E-state index in [4.69, 9.17) is 24.5 Å². The minimum Gasteiger partial charge on any atom is -0.483 e. The summed E-state index contributed by atoms with van der Waals surface area (Å²) in [6.45, 7) is -0.0849. The third kappa shape index (κ3) is 5.62. The van der Waals surface area contributed by atoms with Crippen LogP contribution in [0.15, 0.2) is 42.5 Å². The molecule has 23 heavy (non-hydrogen) atoms. The molecule has 0 saturated carbocycles. The van der Waals surface area contributed by atoms with Gasteiger partial charge in [0.15, 0.2) is 23.1 Å². The number of aromatic carboxylic acids is 1. The van der Waals surface area contributed by atoms with Crippen LogP contribution >= 0.6 is 0 Å². The molecule has 0 fully saturated rings. The molecular formula is C15H12F2O6. The molecule has 0 saturated heterocycles. The van der Waals surface area contributed by atoms with Crippen molar-refractivity contribution in [2.75, 3.05) is 6.79 Å². The molecule has 6 nitrogen and oxygen atoms in total. The summed E-state index contributed by atoms with van der Waals surface area (Å²) in [4.78, 5) is 18.9.